The van der Waals surface area contributed by atoms with Gasteiger partial charge in [0.25, 0.3) is 0 Å². The van der Waals surface area contributed by atoms with E-state index in [1.54, 1.807) is 32.0 Å². The second-order valence-corrected chi connectivity index (χ2v) is 11.0. The van der Waals surface area contributed by atoms with Crippen molar-refractivity contribution in [3.05, 3.63) is 59.5 Å². The predicted octanol–water partition coefficient (Wildman–Crippen LogP) is 3.14. The minimum atomic E-state index is -3.80. The summed E-state index contributed by atoms with van der Waals surface area (Å²) in [5, 5.41) is 6.87. The number of nitrogens with zero attached hydrogens (tertiary/aromatic N) is 4. The number of aryl methyl sites for hydroxylation is 2. The Morgan fingerprint density at radius 2 is 1.91 bits per heavy atom. The van der Waals surface area contributed by atoms with Crippen LogP contribution in [0, 0.1) is 19.8 Å². The van der Waals surface area contributed by atoms with E-state index in [2.05, 4.69) is 15.5 Å². The summed E-state index contributed by atoms with van der Waals surface area (Å²) in [6.45, 7) is 4.37. The molecular weight excluding hydrogens is 466 g/mol. The zero-order chi connectivity index (χ0) is 25.2. The molecule has 1 amide bonds. The van der Waals surface area contributed by atoms with Gasteiger partial charge in [-0.15, -0.1) is 0 Å². The van der Waals surface area contributed by atoms with E-state index in [1.165, 1.54) is 4.31 Å². The lowest BCUT2D eigenvalue weighted by atomic mass is 9.98. The van der Waals surface area contributed by atoms with Gasteiger partial charge in [0.1, 0.15) is 0 Å². The van der Waals surface area contributed by atoms with Crippen LogP contribution in [0.15, 0.2) is 51.9 Å². The third-order valence-corrected chi connectivity index (χ3v) is 8.27. The third-order valence-electron chi connectivity index (χ3n) is 6.27. The summed E-state index contributed by atoms with van der Waals surface area (Å²) in [7, 11) is 0.151. The van der Waals surface area contributed by atoms with Crippen molar-refractivity contribution in [2.75, 3.05) is 32.1 Å². The minimum Gasteiger partial charge on any atom is -0.378 e. The molecule has 1 N–H and O–H groups in total. The molecule has 3 aromatic rings. The Labute approximate surface area is 206 Å². The van der Waals surface area contributed by atoms with Crippen molar-refractivity contribution in [2.45, 2.75) is 38.1 Å². The summed E-state index contributed by atoms with van der Waals surface area (Å²) in [6, 6.07) is 13.1. The van der Waals surface area contributed by atoms with Crippen LogP contribution in [-0.2, 0) is 21.4 Å². The number of piperidine rings is 1. The van der Waals surface area contributed by atoms with Crippen LogP contribution in [0.25, 0.3) is 11.4 Å². The van der Waals surface area contributed by atoms with Crippen molar-refractivity contribution in [2.24, 2.45) is 5.92 Å². The van der Waals surface area contributed by atoms with Gasteiger partial charge in [0.2, 0.25) is 27.6 Å². The lowest BCUT2D eigenvalue weighted by molar-refractivity contribution is -0.126. The van der Waals surface area contributed by atoms with Gasteiger partial charge in [-0.3, -0.25) is 4.79 Å². The monoisotopic (exact) mass is 497 g/mol. The molecule has 1 atom stereocenters. The van der Waals surface area contributed by atoms with Crippen LogP contribution in [0.4, 0.5) is 5.69 Å². The molecular formula is C25H31N5O4S. The van der Waals surface area contributed by atoms with E-state index in [-0.39, 0.29) is 17.3 Å². The van der Waals surface area contributed by atoms with E-state index in [1.807, 2.05) is 43.3 Å². The van der Waals surface area contributed by atoms with Crippen molar-refractivity contribution in [1.82, 2.24) is 19.8 Å². The lowest BCUT2D eigenvalue weighted by Crippen LogP contribution is -2.45. The van der Waals surface area contributed by atoms with Crippen LogP contribution in [0.3, 0.4) is 0 Å². The van der Waals surface area contributed by atoms with Gasteiger partial charge in [-0.2, -0.15) is 9.29 Å². The summed E-state index contributed by atoms with van der Waals surface area (Å²) in [6.07, 6.45) is 1.27. The van der Waals surface area contributed by atoms with Crippen LogP contribution in [0.5, 0.6) is 0 Å². The van der Waals surface area contributed by atoms with Crippen LogP contribution in [0.2, 0.25) is 0 Å². The van der Waals surface area contributed by atoms with Gasteiger partial charge in [-0.1, -0.05) is 29.4 Å². The highest BCUT2D eigenvalue weighted by Crippen LogP contribution is 2.29. The minimum absolute atomic E-state index is 0.130. The van der Waals surface area contributed by atoms with Gasteiger partial charge in [0, 0.05) is 51.9 Å². The van der Waals surface area contributed by atoms with Crippen molar-refractivity contribution in [3.8, 4) is 11.4 Å². The maximum absolute atomic E-state index is 13.6. The second-order valence-electron chi connectivity index (χ2n) is 9.10. The largest absolute Gasteiger partial charge is 0.378 e. The van der Waals surface area contributed by atoms with Gasteiger partial charge in [0.05, 0.1) is 10.8 Å². The topological polar surface area (TPSA) is 109 Å². The molecule has 4 rings (SSSR count). The predicted molar refractivity (Wildman–Crippen MR) is 133 cm³/mol. The molecule has 0 saturated carbocycles. The number of hydrogen-bond donors (Lipinski definition) is 1. The molecule has 10 heteroatoms. The van der Waals surface area contributed by atoms with Crippen molar-refractivity contribution >= 4 is 21.6 Å². The second kappa shape index (κ2) is 10.2. The summed E-state index contributed by atoms with van der Waals surface area (Å²) >= 11 is 0. The van der Waals surface area contributed by atoms with Crippen molar-refractivity contribution in [1.29, 1.82) is 0 Å². The SMILES string of the molecule is Cc1nc(-c2ccc(C)c(S(=O)(=O)N3CCC[C@@H](C(=O)NCc4ccc(N(C)C)cc4)C3)c2)no1. The number of sulfonamides is 1. The molecule has 2 aromatic carbocycles. The maximum atomic E-state index is 13.6. The van der Waals surface area contributed by atoms with E-state index >= 15 is 0 Å². The third kappa shape index (κ3) is 5.54. The summed E-state index contributed by atoms with van der Waals surface area (Å²) in [5.41, 5.74) is 3.27. The normalized spacial score (nSPS) is 16.7. The highest BCUT2D eigenvalue weighted by molar-refractivity contribution is 7.89. The number of carbonyl (C=O) groups is 1. The van der Waals surface area contributed by atoms with Gasteiger partial charge in [-0.05, 0) is 49.1 Å². The van der Waals surface area contributed by atoms with Gasteiger partial charge >= 0.3 is 0 Å². The number of benzene rings is 2. The van der Waals surface area contributed by atoms with Crippen LogP contribution >= 0.6 is 0 Å². The summed E-state index contributed by atoms with van der Waals surface area (Å²) in [4.78, 5) is 19.3. The first-order chi connectivity index (χ1) is 16.6. The van der Waals surface area contributed by atoms with Crippen molar-refractivity contribution in [3.63, 3.8) is 0 Å². The Kier molecular flexibility index (Phi) is 7.23. The number of aromatic nitrogens is 2. The fourth-order valence-electron chi connectivity index (χ4n) is 4.19. The number of anilines is 1. The number of hydrogen-bond acceptors (Lipinski definition) is 7. The summed E-state index contributed by atoms with van der Waals surface area (Å²) in [5.74, 6) is 0.217. The molecule has 0 radical (unpaired) electrons. The molecule has 2 heterocycles. The average Bonchev–Trinajstić information content (AvgIpc) is 3.29. The van der Waals surface area contributed by atoms with Crippen LogP contribution in [0.1, 0.15) is 29.9 Å². The maximum Gasteiger partial charge on any atom is 0.243 e. The molecule has 1 saturated heterocycles. The molecule has 9 nitrogen and oxygen atoms in total. The molecule has 0 unspecified atom stereocenters. The molecule has 1 fully saturated rings. The highest BCUT2D eigenvalue weighted by atomic mass is 32.2. The Hall–Kier alpha value is -3.24. The number of amides is 1. The zero-order valence-electron chi connectivity index (χ0n) is 20.5. The van der Waals surface area contributed by atoms with Crippen molar-refractivity contribution < 1.29 is 17.7 Å². The van der Waals surface area contributed by atoms with E-state index in [0.29, 0.717) is 48.8 Å². The number of nitrogens with one attached hydrogen (secondary N) is 1. The molecule has 1 aliphatic heterocycles. The fourth-order valence-corrected chi connectivity index (χ4v) is 5.97. The first kappa shape index (κ1) is 24.9. The lowest BCUT2D eigenvalue weighted by Gasteiger charge is -2.31. The Bertz CT molecular complexity index is 1300. The smallest absolute Gasteiger partial charge is 0.243 e. The summed E-state index contributed by atoms with van der Waals surface area (Å²) < 4.78 is 33.6. The zero-order valence-corrected chi connectivity index (χ0v) is 21.3. The quantitative estimate of drug-likeness (QED) is 0.534. The van der Waals surface area contributed by atoms with E-state index in [0.717, 1.165) is 11.3 Å². The fraction of sp³-hybridized carbons (Fsp3) is 0.400. The molecule has 35 heavy (non-hydrogen) atoms. The number of rotatable bonds is 7. The van der Waals surface area contributed by atoms with E-state index in [9.17, 15) is 13.2 Å². The molecule has 0 spiro atoms. The molecule has 0 bridgehead atoms. The van der Waals surface area contributed by atoms with Crippen LogP contribution in [-0.4, -0.2) is 56.0 Å². The van der Waals surface area contributed by atoms with Gasteiger partial charge in [-0.25, -0.2) is 8.42 Å². The van der Waals surface area contributed by atoms with Gasteiger partial charge < -0.3 is 14.7 Å². The van der Waals surface area contributed by atoms with Crippen LogP contribution < -0.4 is 10.2 Å². The molecule has 1 aromatic heterocycles. The standard InChI is InChI=1S/C25H31N5O4S/c1-17-7-10-20(24-27-18(2)34-28-24)14-23(17)35(32,33)30-13-5-6-21(16-30)25(31)26-15-19-8-11-22(12-9-19)29(3)4/h7-12,14,21H,5-6,13,15-16H2,1-4H3,(H,26,31)/t21-/m1/s1. The van der Waals surface area contributed by atoms with E-state index in [4.69, 9.17) is 4.52 Å². The Balaban J connectivity index is 1.45. The first-order valence-corrected chi connectivity index (χ1v) is 13.0. The first-order valence-electron chi connectivity index (χ1n) is 11.6. The highest BCUT2D eigenvalue weighted by Gasteiger charge is 2.34. The number of carbonyl (C=O) groups excluding carboxylic acids is 1. The average molecular weight is 498 g/mol. The Morgan fingerprint density at radius 3 is 2.57 bits per heavy atom. The molecule has 1 aliphatic rings. The molecule has 186 valence electrons. The molecule has 0 aliphatic carbocycles. The van der Waals surface area contributed by atoms with E-state index < -0.39 is 15.9 Å². The van der Waals surface area contributed by atoms with Gasteiger partial charge in [0.15, 0.2) is 0 Å². The Morgan fingerprint density at radius 1 is 1.17 bits per heavy atom.